The maximum Gasteiger partial charge on any atom is 0.238 e. The van der Waals surface area contributed by atoms with Crippen LogP contribution in [0.1, 0.15) is 5.69 Å². The molecule has 0 amide bonds. The first-order chi connectivity index (χ1) is 7.61. The molecule has 0 spiro atoms. The minimum absolute atomic E-state index is 0.377. The first-order valence-corrected chi connectivity index (χ1v) is 5.02. The Balaban J connectivity index is 2.48. The summed E-state index contributed by atoms with van der Waals surface area (Å²) < 4.78 is 6.62. The Kier molecular flexibility index (Phi) is 2.70. The van der Waals surface area contributed by atoms with E-state index < -0.39 is 0 Å². The lowest BCUT2D eigenvalue weighted by Gasteiger charge is -2.05. The van der Waals surface area contributed by atoms with E-state index in [2.05, 4.69) is 10.1 Å². The number of halogens is 1. The zero-order valence-electron chi connectivity index (χ0n) is 8.94. The Bertz CT molecular complexity index is 504. The van der Waals surface area contributed by atoms with Gasteiger partial charge in [0.1, 0.15) is 0 Å². The topological polar surface area (TPSA) is 66.0 Å². The van der Waals surface area contributed by atoms with Gasteiger partial charge >= 0.3 is 0 Å². The standard InChI is InChI=1S/C10H11ClN4O/c1-6-7(11)5-15(14-6)9-4-3-8(12)10(13-9)16-2/h3-5H,12H2,1-2H3. The predicted molar refractivity (Wildman–Crippen MR) is 62.1 cm³/mol. The summed E-state index contributed by atoms with van der Waals surface area (Å²) in [5, 5.41) is 4.81. The van der Waals surface area contributed by atoms with Gasteiger partial charge in [-0.15, -0.1) is 0 Å². The van der Waals surface area contributed by atoms with Crippen LogP contribution in [0.5, 0.6) is 5.88 Å². The maximum atomic E-state index is 5.92. The normalized spacial score (nSPS) is 10.4. The Morgan fingerprint density at radius 2 is 2.19 bits per heavy atom. The van der Waals surface area contributed by atoms with Crippen LogP contribution < -0.4 is 10.5 Å². The summed E-state index contributed by atoms with van der Waals surface area (Å²) in [5.74, 6) is 0.989. The van der Waals surface area contributed by atoms with E-state index in [0.717, 1.165) is 5.69 Å². The van der Waals surface area contributed by atoms with Gasteiger partial charge in [0.15, 0.2) is 5.82 Å². The summed E-state index contributed by atoms with van der Waals surface area (Å²) in [7, 11) is 1.52. The Labute approximate surface area is 97.8 Å². The number of hydrogen-bond acceptors (Lipinski definition) is 4. The third-order valence-electron chi connectivity index (χ3n) is 2.14. The van der Waals surface area contributed by atoms with Crippen molar-refractivity contribution in [2.75, 3.05) is 12.8 Å². The van der Waals surface area contributed by atoms with E-state index in [0.29, 0.717) is 22.4 Å². The Morgan fingerprint density at radius 3 is 2.75 bits per heavy atom. The molecule has 2 N–H and O–H groups in total. The highest BCUT2D eigenvalue weighted by Gasteiger charge is 2.07. The fraction of sp³-hybridized carbons (Fsp3) is 0.200. The Hall–Kier alpha value is -1.75. The number of nitrogens with two attached hydrogens (primary N) is 1. The van der Waals surface area contributed by atoms with Gasteiger partial charge in [0, 0.05) is 0 Å². The molecule has 0 atom stereocenters. The number of ether oxygens (including phenoxy) is 1. The summed E-state index contributed by atoms with van der Waals surface area (Å²) in [4.78, 5) is 4.21. The molecule has 16 heavy (non-hydrogen) atoms. The van der Waals surface area contributed by atoms with Crippen LogP contribution in [0.15, 0.2) is 18.3 Å². The highest BCUT2D eigenvalue weighted by atomic mass is 35.5. The second-order valence-corrected chi connectivity index (χ2v) is 3.68. The molecule has 2 aromatic heterocycles. The van der Waals surface area contributed by atoms with Crippen LogP contribution in [-0.4, -0.2) is 21.9 Å². The second-order valence-electron chi connectivity index (χ2n) is 3.27. The average Bonchev–Trinajstić information content (AvgIpc) is 2.60. The molecule has 0 unspecified atom stereocenters. The lowest BCUT2D eigenvalue weighted by atomic mass is 10.4. The SMILES string of the molecule is COc1nc(-n2cc(Cl)c(C)n2)ccc1N. The summed E-state index contributed by atoms with van der Waals surface area (Å²) in [6.45, 7) is 1.83. The first kappa shape index (κ1) is 10.8. The van der Waals surface area contributed by atoms with Gasteiger partial charge < -0.3 is 10.5 Å². The number of nitrogen functional groups attached to an aromatic ring is 1. The van der Waals surface area contributed by atoms with Crippen LogP contribution in [0, 0.1) is 6.92 Å². The van der Waals surface area contributed by atoms with Crippen LogP contribution in [-0.2, 0) is 0 Å². The molecule has 0 aliphatic carbocycles. The number of nitrogens with zero attached hydrogens (tertiary/aromatic N) is 3. The number of anilines is 1. The maximum absolute atomic E-state index is 5.92. The van der Waals surface area contributed by atoms with E-state index in [1.165, 1.54) is 7.11 Å². The highest BCUT2D eigenvalue weighted by Crippen LogP contribution is 2.21. The van der Waals surface area contributed by atoms with E-state index >= 15 is 0 Å². The van der Waals surface area contributed by atoms with Gasteiger partial charge in [-0.05, 0) is 19.1 Å². The molecular weight excluding hydrogens is 228 g/mol. The fourth-order valence-corrected chi connectivity index (χ4v) is 1.42. The number of aromatic nitrogens is 3. The van der Waals surface area contributed by atoms with Crippen molar-refractivity contribution < 1.29 is 4.74 Å². The van der Waals surface area contributed by atoms with E-state index in [1.807, 2.05) is 6.92 Å². The molecule has 84 valence electrons. The molecule has 0 saturated heterocycles. The van der Waals surface area contributed by atoms with Crippen molar-refractivity contribution in [2.24, 2.45) is 0 Å². The molecule has 0 fully saturated rings. The average molecular weight is 239 g/mol. The van der Waals surface area contributed by atoms with Gasteiger partial charge in [-0.3, -0.25) is 0 Å². The summed E-state index contributed by atoms with van der Waals surface area (Å²) in [6.07, 6.45) is 1.69. The molecule has 0 bridgehead atoms. The first-order valence-electron chi connectivity index (χ1n) is 4.64. The third-order valence-corrected chi connectivity index (χ3v) is 2.51. The number of hydrogen-bond donors (Lipinski definition) is 1. The lowest BCUT2D eigenvalue weighted by Crippen LogP contribution is -2.02. The van der Waals surface area contributed by atoms with Crippen molar-refractivity contribution in [1.82, 2.24) is 14.8 Å². The second kappa shape index (κ2) is 4.02. The van der Waals surface area contributed by atoms with Gasteiger partial charge in [-0.25, -0.2) is 4.68 Å². The Morgan fingerprint density at radius 1 is 1.44 bits per heavy atom. The summed E-state index contributed by atoms with van der Waals surface area (Å²) in [5.41, 5.74) is 6.91. The van der Waals surface area contributed by atoms with Crippen LogP contribution in [0.2, 0.25) is 5.02 Å². The van der Waals surface area contributed by atoms with Crippen LogP contribution >= 0.6 is 11.6 Å². The number of pyridine rings is 1. The fourth-order valence-electron chi connectivity index (χ4n) is 1.29. The predicted octanol–water partition coefficient (Wildman–Crippen LogP) is 1.82. The molecular formula is C10H11ClN4O. The van der Waals surface area contributed by atoms with E-state index in [9.17, 15) is 0 Å². The van der Waals surface area contributed by atoms with Crippen molar-refractivity contribution in [2.45, 2.75) is 6.92 Å². The minimum atomic E-state index is 0.377. The molecule has 0 saturated carbocycles. The van der Waals surface area contributed by atoms with Crippen molar-refractivity contribution in [3.8, 4) is 11.7 Å². The lowest BCUT2D eigenvalue weighted by molar-refractivity contribution is 0.399. The van der Waals surface area contributed by atoms with Crippen molar-refractivity contribution in [3.63, 3.8) is 0 Å². The van der Waals surface area contributed by atoms with Crippen molar-refractivity contribution in [1.29, 1.82) is 0 Å². The van der Waals surface area contributed by atoms with E-state index in [4.69, 9.17) is 22.1 Å². The smallest absolute Gasteiger partial charge is 0.238 e. The summed E-state index contributed by atoms with van der Waals surface area (Å²) in [6, 6.07) is 3.46. The molecule has 0 radical (unpaired) electrons. The molecule has 2 rings (SSSR count). The van der Waals surface area contributed by atoms with E-state index in [1.54, 1.807) is 23.0 Å². The molecule has 2 heterocycles. The molecule has 6 heteroatoms. The zero-order chi connectivity index (χ0) is 11.7. The molecule has 0 aliphatic heterocycles. The molecule has 0 aromatic carbocycles. The minimum Gasteiger partial charge on any atom is -0.479 e. The van der Waals surface area contributed by atoms with Crippen LogP contribution in [0.3, 0.4) is 0 Å². The van der Waals surface area contributed by atoms with Gasteiger partial charge in [0.25, 0.3) is 0 Å². The largest absolute Gasteiger partial charge is 0.479 e. The van der Waals surface area contributed by atoms with Gasteiger partial charge in [-0.1, -0.05) is 11.6 Å². The number of methoxy groups -OCH3 is 1. The van der Waals surface area contributed by atoms with Gasteiger partial charge in [0.05, 0.1) is 29.7 Å². The highest BCUT2D eigenvalue weighted by molar-refractivity contribution is 6.31. The quantitative estimate of drug-likeness (QED) is 0.867. The van der Waals surface area contributed by atoms with Crippen LogP contribution in [0.4, 0.5) is 5.69 Å². The number of aryl methyl sites for hydroxylation is 1. The van der Waals surface area contributed by atoms with Gasteiger partial charge in [-0.2, -0.15) is 10.1 Å². The number of rotatable bonds is 2. The van der Waals surface area contributed by atoms with Crippen LogP contribution in [0.25, 0.3) is 5.82 Å². The monoisotopic (exact) mass is 238 g/mol. The molecule has 0 aliphatic rings. The third kappa shape index (κ3) is 1.81. The summed E-state index contributed by atoms with van der Waals surface area (Å²) >= 11 is 5.92. The zero-order valence-corrected chi connectivity index (χ0v) is 9.69. The van der Waals surface area contributed by atoms with E-state index in [-0.39, 0.29) is 0 Å². The van der Waals surface area contributed by atoms with Gasteiger partial charge in [0.2, 0.25) is 5.88 Å². The van der Waals surface area contributed by atoms with Crippen molar-refractivity contribution >= 4 is 17.3 Å². The molecule has 5 nitrogen and oxygen atoms in total. The van der Waals surface area contributed by atoms with Crippen molar-refractivity contribution in [3.05, 3.63) is 29.0 Å². The molecule has 2 aromatic rings.